The summed E-state index contributed by atoms with van der Waals surface area (Å²) in [6.07, 6.45) is 2.04. The van der Waals surface area contributed by atoms with Crippen LogP contribution in [-0.2, 0) is 6.54 Å². The number of fused-ring (bicyclic) bond motifs is 1. The lowest BCUT2D eigenvalue weighted by molar-refractivity contribution is -0.0223. The Hall–Kier alpha value is -1.37. The lowest BCUT2D eigenvalue weighted by Crippen LogP contribution is -2.51. The highest BCUT2D eigenvalue weighted by Crippen LogP contribution is 2.42. The van der Waals surface area contributed by atoms with Crippen LogP contribution in [0.3, 0.4) is 0 Å². The smallest absolute Gasteiger partial charge is 0.423 e. The summed E-state index contributed by atoms with van der Waals surface area (Å²) in [6.45, 7) is 3.88. The van der Waals surface area contributed by atoms with E-state index in [1.807, 2.05) is 6.07 Å². The molecule has 3 rings (SSSR count). The summed E-state index contributed by atoms with van der Waals surface area (Å²) < 4.78 is 0. The van der Waals surface area contributed by atoms with Gasteiger partial charge in [0.2, 0.25) is 0 Å². The minimum atomic E-state index is -1.66. The molecule has 112 valence electrons. The Morgan fingerprint density at radius 2 is 2.00 bits per heavy atom. The van der Waals surface area contributed by atoms with Gasteiger partial charge in [-0.1, -0.05) is 18.2 Å². The molecular formula is C15H20BNO4. The number of hydrogen-bond acceptors (Lipinski definition) is 4. The van der Waals surface area contributed by atoms with Gasteiger partial charge in [-0.2, -0.15) is 0 Å². The maximum absolute atomic E-state index is 12.7. The van der Waals surface area contributed by atoms with Crippen LogP contribution in [0.2, 0.25) is 0 Å². The van der Waals surface area contributed by atoms with Gasteiger partial charge in [-0.25, -0.2) is 0 Å². The number of amides is 1. The summed E-state index contributed by atoms with van der Waals surface area (Å²) in [5.41, 5.74) is 0.435. The molecule has 0 spiro atoms. The van der Waals surface area contributed by atoms with Gasteiger partial charge in [-0.3, -0.25) is 4.79 Å². The first kappa shape index (κ1) is 14.6. The van der Waals surface area contributed by atoms with E-state index in [0.29, 0.717) is 18.0 Å². The summed E-state index contributed by atoms with van der Waals surface area (Å²) in [6, 6.07) is 4.87. The van der Waals surface area contributed by atoms with Gasteiger partial charge >= 0.3 is 7.12 Å². The van der Waals surface area contributed by atoms with Crippen molar-refractivity contribution in [2.75, 3.05) is 0 Å². The highest BCUT2D eigenvalue weighted by molar-refractivity contribution is 6.60. The van der Waals surface area contributed by atoms with Crippen molar-refractivity contribution in [2.45, 2.75) is 44.9 Å². The first-order chi connectivity index (χ1) is 9.80. The van der Waals surface area contributed by atoms with Gasteiger partial charge in [0.1, 0.15) is 0 Å². The fourth-order valence-corrected chi connectivity index (χ4v) is 3.48. The van der Waals surface area contributed by atoms with Gasteiger partial charge in [0.15, 0.2) is 0 Å². The molecule has 2 aliphatic rings. The fourth-order valence-electron chi connectivity index (χ4n) is 3.48. The van der Waals surface area contributed by atoms with E-state index < -0.39 is 12.7 Å². The van der Waals surface area contributed by atoms with Crippen molar-refractivity contribution >= 4 is 18.5 Å². The monoisotopic (exact) mass is 289 g/mol. The van der Waals surface area contributed by atoms with Gasteiger partial charge in [0.05, 0.1) is 11.6 Å². The van der Waals surface area contributed by atoms with Crippen LogP contribution < -0.4 is 5.46 Å². The summed E-state index contributed by atoms with van der Waals surface area (Å²) in [7, 11) is -1.66. The third-order valence-corrected chi connectivity index (χ3v) is 4.40. The standard InChI is InChI=1S/C15H20BNO4/c1-15(2,19)13(9-6-7-9)17-8-10-4-3-5-11(16(20)21)12(10)14(17)18/h3-5,9,13,19-21H,6-8H2,1-2H3/t13-/m1/s1. The van der Waals surface area contributed by atoms with E-state index in [9.17, 15) is 19.9 Å². The predicted octanol–water partition coefficient (Wildman–Crippen LogP) is -0.128. The van der Waals surface area contributed by atoms with E-state index in [1.54, 1.807) is 30.9 Å². The second-order valence-electron chi connectivity index (χ2n) is 6.62. The van der Waals surface area contributed by atoms with Crippen molar-refractivity contribution in [1.29, 1.82) is 0 Å². The molecule has 21 heavy (non-hydrogen) atoms. The van der Waals surface area contributed by atoms with Gasteiger partial charge in [-0.15, -0.1) is 0 Å². The van der Waals surface area contributed by atoms with E-state index in [2.05, 4.69) is 0 Å². The highest BCUT2D eigenvalue weighted by atomic mass is 16.4. The van der Waals surface area contributed by atoms with Crippen LogP contribution in [0.4, 0.5) is 0 Å². The minimum Gasteiger partial charge on any atom is -0.423 e. The fraction of sp³-hybridized carbons (Fsp3) is 0.533. The zero-order valence-electron chi connectivity index (χ0n) is 12.3. The largest absolute Gasteiger partial charge is 0.489 e. The molecule has 1 heterocycles. The Bertz CT molecular complexity index is 578. The van der Waals surface area contributed by atoms with Crippen LogP contribution >= 0.6 is 0 Å². The predicted molar refractivity (Wildman–Crippen MR) is 79.0 cm³/mol. The molecule has 1 fully saturated rings. The average molecular weight is 289 g/mol. The second kappa shape index (κ2) is 4.83. The van der Waals surface area contributed by atoms with Crippen LogP contribution in [0, 0.1) is 5.92 Å². The zero-order chi connectivity index (χ0) is 15.4. The van der Waals surface area contributed by atoms with Crippen molar-refractivity contribution in [3.8, 4) is 0 Å². The van der Waals surface area contributed by atoms with Crippen molar-refractivity contribution in [2.24, 2.45) is 5.92 Å². The lowest BCUT2D eigenvalue weighted by atomic mass is 9.76. The van der Waals surface area contributed by atoms with Gasteiger partial charge in [-0.05, 0) is 43.6 Å². The normalized spacial score (nSPS) is 19.7. The van der Waals surface area contributed by atoms with Gasteiger partial charge in [0, 0.05) is 12.1 Å². The van der Waals surface area contributed by atoms with Gasteiger partial charge in [0.25, 0.3) is 5.91 Å². The average Bonchev–Trinajstić information content (AvgIpc) is 3.14. The summed E-state index contributed by atoms with van der Waals surface area (Å²) in [5, 5.41) is 29.3. The molecule has 6 heteroatoms. The third kappa shape index (κ3) is 2.48. The first-order valence-corrected chi connectivity index (χ1v) is 7.32. The number of carbonyl (C=O) groups excluding carboxylic acids is 1. The number of aliphatic hydroxyl groups is 1. The minimum absolute atomic E-state index is 0.215. The Labute approximate surface area is 124 Å². The molecule has 1 amide bonds. The van der Waals surface area contributed by atoms with Crippen molar-refractivity contribution < 1.29 is 19.9 Å². The molecule has 3 N–H and O–H groups in total. The topological polar surface area (TPSA) is 81.0 Å². The molecule has 1 aliphatic carbocycles. The Balaban J connectivity index is 1.98. The summed E-state index contributed by atoms with van der Waals surface area (Å²) >= 11 is 0. The number of benzene rings is 1. The molecule has 1 saturated carbocycles. The van der Waals surface area contributed by atoms with Crippen molar-refractivity contribution in [3.05, 3.63) is 29.3 Å². The van der Waals surface area contributed by atoms with Crippen LogP contribution in [0.5, 0.6) is 0 Å². The molecule has 0 radical (unpaired) electrons. The Morgan fingerprint density at radius 1 is 1.33 bits per heavy atom. The number of rotatable bonds is 4. The zero-order valence-corrected chi connectivity index (χ0v) is 12.3. The Morgan fingerprint density at radius 3 is 2.52 bits per heavy atom. The van der Waals surface area contributed by atoms with Crippen LogP contribution in [0.15, 0.2) is 18.2 Å². The summed E-state index contributed by atoms with van der Waals surface area (Å²) in [5.74, 6) is 0.110. The van der Waals surface area contributed by atoms with E-state index in [4.69, 9.17) is 0 Å². The first-order valence-electron chi connectivity index (χ1n) is 7.32. The highest BCUT2D eigenvalue weighted by Gasteiger charge is 2.48. The lowest BCUT2D eigenvalue weighted by Gasteiger charge is -2.37. The molecule has 5 nitrogen and oxygen atoms in total. The number of carbonyl (C=O) groups is 1. The van der Waals surface area contributed by atoms with E-state index in [1.165, 1.54) is 0 Å². The molecular weight excluding hydrogens is 269 g/mol. The van der Waals surface area contributed by atoms with Gasteiger partial charge < -0.3 is 20.1 Å². The summed E-state index contributed by atoms with van der Waals surface area (Å²) in [4.78, 5) is 14.4. The SMILES string of the molecule is CC(C)(O)[C@@H](C1CC1)N1Cc2cccc(B(O)O)c2C1=O. The molecule has 0 bridgehead atoms. The van der Waals surface area contributed by atoms with E-state index in [-0.39, 0.29) is 17.4 Å². The molecule has 1 aromatic carbocycles. The number of nitrogens with zero attached hydrogens (tertiary/aromatic N) is 1. The quantitative estimate of drug-likeness (QED) is 0.675. The molecule has 0 aromatic heterocycles. The second-order valence-corrected chi connectivity index (χ2v) is 6.62. The van der Waals surface area contributed by atoms with Crippen molar-refractivity contribution in [3.63, 3.8) is 0 Å². The van der Waals surface area contributed by atoms with Crippen LogP contribution in [0.25, 0.3) is 0 Å². The van der Waals surface area contributed by atoms with Crippen LogP contribution in [0.1, 0.15) is 42.6 Å². The van der Waals surface area contributed by atoms with E-state index >= 15 is 0 Å². The molecule has 1 aromatic rings. The maximum atomic E-state index is 12.7. The number of hydrogen-bond donors (Lipinski definition) is 3. The molecule has 0 unspecified atom stereocenters. The van der Waals surface area contributed by atoms with Crippen molar-refractivity contribution in [1.82, 2.24) is 4.90 Å². The molecule has 0 saturated heterocycles. The molecule has 1 aliphatic heterocycles. The molecule has 1 atom stereocenters. The third-order valence-electron chi connectivity index (χ3n) is 4.40. The van der Waals surface area contributed by atoms with E-state index in [0.717, 1.165) is 18.4 Å². The Kier molecular flexibility index (Phi) is 3.35. The maximum Gasteiger partial charge on any atom is 0.489 e. The van der Waals surface area contributed by atoms with Crippen LogP contribution in [-0.4, -0.2) is 44.7 Å².